The highest BCUT2D eigenvalue weighted by Gasteiger charge is 2.40. The molecule has 0 bridgehead atoms. The van der Waals surface area contributed by atoms with E-state index in [9.17, 15) is 30.6 Å². The van der Waals surface area contributed by atoms with Gasteiger partial charge in [0.15, 0.2) is 0 Å². The molecule has 9 nitrogen and oxygen atoms in total. The van der Waals surface area contributed by atoms with E-state index in [0.29, 0.717) is 26.2 Å². The standard InChI is InChI=1S/C15H33N3O6/c19-8-12(22)5-15(6-13(23)9-20)11-17-2-1-16-3-4-18(15)7-14(24)10-21/h12-14,16-17,19-24H,1-11H2. The zero-order valence-electron chi connectivity index (χ0n) is 14.1. The summed E-state index contributed by atoms with van der Waals surface area (Å²) < 4.78 is 0. The van der Waals surface area contributed by atoms with Crippen molar-refractivity contribution in [1.29, 1.82) is 0 Å². The van der Waals surface area contributed by atoms with Crippen LogP contribution in [-0.2, 0) is 0 Å². The van der Waals surface area contributed by atoms with Crippen molar-refractivity contribution < 1.29 is 30.6 Å². The molecule has 3 atom stereocenters. The molecule has 0 saturated carbocycles. The molecule has 0 radical (unpaired) electrons. The minimum atomic E-state index is -0.986. The first-order valence-electron chi connectivity index (χ1n) is 8.50. The third-order valence-corrected chi connectivity index (χ3v) is 4.46. The molecule has 1 fully saturated rings. The minimum absolute atomic E-state index is 0.163. The first-order chi connectivity index (χ1) is 11.5. The van der Waals surface area contributed by atoms with Crippen LogP contribution >= 0.6 is 0 Å². The minimum Gasteiger partial charge on any atom is -0.394 e. The van der Waals surface area contributed by atoms with Gasteiger partial charge in [-0.1, -0.05) is 0 Å². The molecule has 3 unspecified atom stereocenters. The van der Waals surface area contributed by atoms with Crippen molar-refractivity contribution >= 4 is 0 Å². The summed E-state index contributed by atoms with van der Waals surface area (Å²) in [6.45, 7) is 2.01. The smallest absolute Gasteiger partial charge is 0.0897 e. The Morgan fingerprint density at radius 1 is 0.792 bits per heavy atom. The van der Waals surface area contributed by atoms with Crippen LogP contribution in [0.5, 0.6) is 0 Å². The van der Waals surface area contributed by atoms with Crippen molar-refractivity contribution in [3.05, 3.63) is 0 Å². The van der Waals surface area contributed by atoms with Gasteiger partial charge in [-0.25, -0.2) is 0 Å². The molecule has 0 aromatic heterocycles. The second-order valence-corrected chi connectivity index (χ2v) is 6.51. The van der Waals surface area contributed by atoms with Gasteiger partial charge in [0.05, 0.1) is 38.1 Å². The molecule has 1 aliphatic heterocycles. The van der Waals surface area contributed by atoms with Gasteiger partial charge in [0, 0.05) is 44.8 Å². The van der Waals surface area contributed by atoms with E-state index in [-0.39, 0.29) is 19.4 Å². The molecule has 1 saturated heterocycles. The topological polar surface area (TPSA) is 149 Å². The molecule has 8 N–H and O–H groups in total. The van der Waals surface area contributed by atoms with Crippen molar-refractivity contribution in [2.45, 2.75) is 36.7 Å². The Morgan fingerprint density at radius 3 is 1.88 bits per heavy atom. The van der Waals surface area contributed by atoms with Crippen LogP contribution in [0.25, 0.3) is 0 Å². The molecule has 0 aromatic rings. The maximum absolute atomic E-state index is 10.0. The zero-order chi connectivity index (χ0) is 18.0. The van der Waals surface area contributed by atoms with Gasteiger partial charge in [0.25, 0.3) is 0 Å². The van der Waals surface area contributed by atoms with Gasteiger partial charge >= 0.3 is 0 Å². The van der Waals surface area contributed by atoms with Crippen LogP contribution in [0.15, 0.2) is 0 Å². The largest absolute Gasteiger partial charge is 0.394 e. The number of aliphatic hydroxyl groups is 6. The molecule has 0 spiro atoms. The Labute approximate surface area is 142 Å². The second kappa shape index (κ2) is 11.3. The van der Waals surface area contributed by atoms with E-state index >= 15 is 0 Å². The van der Waals surface area contributed by atoms with E-state index in [1.807, 2.05) is 4.90 Å². The number of rotatable bonds is 9. The molecule has 1 heterocycles. The van der Waals surface area contributed by atoms with E-state index in [1.54, 1.807) is 0 Å². The van der Waals surface area contributed by atoms with Crippen LogP contribution in [0.2, 0.25) is 0 Å². The van der Waals surface area contributed by atoms with Crippen molar-refractivity contribution in [1.82, 2.24) is 15.5 Å². The summed E-state index contributed by atoms with van der Waals surface area (Å²) in [5, 5.41) is 64.2. The highest BCUT2D eigenvalue weighted by molar-refractivity contribution is 4.98. The number of nitrogens with zero attached hydrogens (tertiary/aromatic N) is 1. The summed E-state index contributed by atoms with van der Waals surface area (Å²) in [5.41, 5.74) is -0.771. The second-order valence-electron chi connectivity index (χ2n) is 6.51. The number of nitrogens with one attached hydrogen (secondary N) is 2. The molecule has 0 aromatic carbocycles. The molecule has 0 aliphatic carbocycles. The predicted octanol–water partition coefficient (Wildman–Crippen LogP) is -3.94. The molecular weight excluding hydrogens is 318 g/mol. The van der Waals surface area contributed by atoms with Gasteiger partial charge in [-0.05, 0) is 12.8 Å². The Hall–Kier alpha value is -0.360. The van der Waals surface area contributed by atoms with Gasteiger partial charge < -0.3 is 41.3 Å². The zero-order valence-corrected chi connectivity index (χ0v) is 14.1. The van der Waals surface area contributed by atoms with Crippen molar-refractivity contribution in [3.63, 3.8) is 0 Å². The third kappa shape index (κ3) is 6.87. The van der Waals surface area contributed by atoms with Gasteiger partial charge in [0.1, 0.15) is 0 Å². The van der Waals surface area contributed by atoms with Gasteiger partial charge in [-0.2, -0.15) is 0 Å². The lowest BCUT2D eigenvalue weighted by Crippen LogP contribution is -2.61. The maximum atomic E-state index is 10.0. The molecule has 24 heavy (non-hydrogen) atoms. The summed E-state index contributed by atoms with van der Waals surface area (Å²) in [7, 11) is 0. The average molecular weight is 351 g/mol. The Morgan fingerprint density at radius 2 is 1.33 bits per heavy atom. The monoisotopic (exact) mass is 351 g/mol. The molecule has 144 valence electrons. The van der Waals surface area contributed by atoms with Crippen LogP contribution in [0, 0.1) is 0 Å². The van der Waals surface area contributed by atoms with Crippen molar-refractivity contribution in [2.24, 2.45) is 0 Å². The van der Waals surface area contributed by atoms with Gasteiger partial charge in [-0.3, -0.25) is 4.90 Å². The van der Waals surface area contributed by atoms with Crippen LogP contribution in [0.1, 0.15) is 12.8 Å². The van der Waals surface area contributed by atoms with E-state index in [0.717, 1.165) is 6.54 Å². The summed E-state index contributed by atoms with van der Waals surface area (Å²) in [6, 6.07) is 0. The van der Waals surface area contributed by atoms with Crippen molar-refractivity contribution in [2.75, 3.05) is 59.1 Å². The lowest BCUT2D eigenvalue weighted by atomic mass is 9.83. The predicted molar refractivity (Wildman–Crippen MR) is 88.6 cm³/mol. The van der Waals surface area contributed by atoms with E-state index in [2.05, 4.69) is 10.6 Å². The Bertz CT molecular complexity index is 324. The van der Waals surface area contributed by atoms with Gasteiger partial charge in [0.2, 0.25) is 0 Å². The van der Waals surface area contributed by atoms with Crippen molar-refractivity contribution in [3.8, 4) is 0 Å². The number of hydrogen-bond acceptors (Lipinski definition) is 9. The van der Waals surface area contributed by atoms with E-state index < -0.39 is 43.7 Å². The summed E-state index contributed by atoms with van der Waals surface area (Å²) in [4.78, 5) is 1.91. The summed E-state index contributed by atoms with van der Waals surface area (Å²) in [5.74, 6) is 0. The molecular formula is C15H33N3O6. The maximum Gasteiger partial charge on any atom is 0.0897 e. The van der Waals surface area contributed by atoms with E-state index in [1.165, 1.54) is 0 Å². The normalized spacial score (nSPS) is 27.8. The van der Waals surface area contributed by atoms with Crippen LogP contribution < -0.4 is 10.6 Å². The van der Waals surface area contributed by atoms with Gasteiger partial charge in [-0.15, -0.1) is 0 Å². The van der Waals surface area contributed by atoms with Crippen LogP contribution in [0.4, 0.5) is 0 Å². The summed E-state index contributed by atoms with van der Waals surface area (Å²) in [6.07, 6.45) is -2.58. The number of hydrogen-bond donors (Lipinski definition) is 8. The molecule has 1 aliphatic rings. The number of β-amino-alcohol motifs (C(OH)–C–C–N with tert-alkyl or cyclic N) is 1. The fourth-order valence-corrected chi connectivity index (χ4v) is 3.28. The third-order valence-electron chi connectivity index (χ3n) is 4.46. The lowest BCUT2D eigenvalue weighted by Gasteiger charge is -2.46. The highest BCUT2D eigenvalue weighted by atomic mass is 16.3. The average Bonchev–Trinajstić information content (AvgIpc) is 2.66. The SMILES string of the molecule is OCC(O)CN1CCNCCNCC1(CC(O)CO)CC(O)CO. The Balaban J connectivity index is 3.10. The molecule has 9 heteroatoms. The fourth-order valence-electron chi connectivity index (χ4n) is 3.28. The number of aliphatic hydroxyl groups excluding tert-OH is 6. The molecule has 1 rings (SSSR count). The van der Waals surface area contributed by atoms with E-state index in [4.69, 9.17) is 0 Å². The lowest BCUT2D eigenvalue weighted by molar-refractivity contribution is -0.0494. The summed E-state index contributed by atoms with van der Waals surface area (Å²) >= 11 is 0. The van der Waals surface area contributed by atoms with Crippen LogP contribution in [-0.4, -0.2) is 118 Å². The quantitative estimate of drug-likeness (QED) is 0.208. The molecule has 0 amide bonds. The Kier molecular flexibility index (Phi) is 10.2. The first kappa shape index (κ1) is 21.7. The first-order valence-corrected chi connectivity index (χ1v) is 8.50. The highest BCUT2D eigenvalue weighted by Crippen LogP contribution is 2.28. The van der Waals surface area contributed by atoms with Crippen LogP contribution in [0.3, 0.4) is 0 Å². The fraction of sp³-hybridized carbons (Fsp3) is 1.00.